The van der Waals surface area contributed by atoms with Gasteiger partial charge in [-0.3, -0.25) is 0 Å². The predicted octanol–water partition coefficient (Wildman–Crippen LogP) is 1.58. The molecule has 0 aliphatic carbocycles. The first-order valence-electron chi connectivity index (χ1n) is 3.97. The van der Waals surface area contributed by atoms with Crippen molar-refractivity contribution in [1.82, 2.24) is 9.97 Å². The lowest BCUT2D eigenvalue weighted by Crippen LogP contribution is -2.06. The molecule has 3 heteroatoms. The van der Waals surface area contributed by atoms with Gasteiger partial charge in [-0.1, -0.05) is 12.1 Å². The second-order valence-electron chi connectivity index (χ2n) is 2.93. The van der Waals surface area contributed by atoms with Crippen molar-refractivity contribution in [3.05, 3.63) is 30.1 Å². The highest BCUT2D eigenvalue weighted by Crippen LogP contribution is 2.13. The number of hydrogen-bond acceptors (Lipinski definition) is 2. The Bertz CT molecular complexity index is 356. The van der Waals surface area contributed by atoms with Crippen molar-refractivity contribution < 1.29 is 0 Å². The first kappa shape index (κ1) is 7.31. The van der Waals surface area contributed by atoms with Crippen molar-refractivity contribution >= 4 is 11.0 Å². The summed E-state index contributed by atoms with van der Waals surface area (Å²) in [4.78, 5) is 7.49. The van der Waals surface area contributed by atoms with Crippen molar-refractivity contribution in [3.63, 3.8) is 0 Å². The van der Waals surface area contributed by atoms with E-state index in [9.17, 15) is 0 Å². The summed E-state index contributed by atoms with van der Waals surface area (Å²) in [6.07, 6.45) is 0. The first-order valence-corrected chi connectivity index (χ1v) is 3.97. The Labute approximate surface area is 70.6 Å². The van der Waals surface area contributed by atoms with Crippen LogP contribution in [-0.4, -0.2) is 9.97 Å². The van der Waals surface area contributed by atoms with Crippen LogP contribution >= 0.6 is 0 Å². The molecule has 0 fully saturated rings. The summed E-state index contributed by atoms with van der Waals surface area (Å²) in [5, 5.41) is 0. The minimum Gasteiger partial charge on any atom is -0.341 e. The fourth-order valence-electron chi connectivity index (χ4n) is 1.19. The van der Waals surface area contributed by atoms with Gasteiger partial charge in [0.1, 0.15) is 5.82 Å². The average Bonchev–Trinajstić information content (AvgIpc) is 2.46. The van der Waals surface area contributed by atoms with Crippen molar-refractivity contribution in [2.45, 2.75) is 13.0 Å². The van der Waals surface area contributed by atoms with Gasteiger partial charge >= 0.3 is 0 Å². The number of imidazole rings is 1. The van der Waals surface area contributed by atoms with Gasteiger partial charge in [-0.15, -0.1) is 0 Å². The van der Waals surface area contributed by atoms with Gasteiger partial charge in [0.2, 0.25) is 0 Å². The number of H-pyrrole nitrogens is 1. The molecule has 0 bridgehead atoms. The van der Waals surface area contributed by atoms with E-state index in [2.05, 4.69) is 9.97 Å². The zero-order valence-electron chi connectivity index (χ0n) is 6.91. The molecular weight excluding hydrogens is 150 g/mol. The highest BCUT2D eigenvalue weighted by molar-refractivity contribution is 5.74. The molecule has 1 atom stereocenters. The number of hydrogen-bond donors (Lipinski definition) is 2. The summed E-state index contributed by atoms with van der Waals surface area (Å²) >= 11 is 0. The highest BCUT2D eigenvalue weighted by Gasteiger charge is 2.04. The summed E-state index contributed by atoms with van der Waals surface area (Å²) in [5.41, 5.74) is 7.71. The molecule has 0 aliphatic heterocycles. The maximum Gasteiger partial charge on any atom is 0.123 e. The number of nitrogens with zero attached hydrogens (tertiary/aromatic N) is 1. The van der Waals surface area contributed by atoms with Crippen LogP contribution in [0.3, 0.4) is 0 Å². The van der Waals surface area contributed by atoms with Gasteiger partial charge in [0.05, 0.1) is 17.1 Å². The molecule has 3 N–H and O–H groups in total. The summed E-state index contributed by atoms with van der Waals surface area (Å²) in [6, 6.07) is 7.88. The van der Waals surface area contributed by atoms with E-state index < -0.39 is 0 Å². The third kappa shape index (κ3) is 1.08. The van der Waals surface area contributed by atoms with Gasteiger partial charge in [0.25, 0.3) is 0 Å². The Morgan fingerprint density at radius 3 is 2.83 bits per heavy atom. The number of fused-ring (bicyclic) bond motifs is 1. The normalized spacial score (nSPS) is 13.5. The van der Waals surface area contributed by atoms with Crippen LogP contribution in [0.1, 0.15) is 18.8 Å². The lowest BCUT2D eigenvalue weighted by Gasteiger charge is -1.96. The van der Waals surface area contributed by atoms with Gasteiger partial charge in [-0.2, -0.15) is 0 Å². The van der Waals surface area contributed by atoms with E-state index in [-0.39, 0.29) is 6.04 Å². The molecule has 0 radical (unpaired) electrons. The van der Waals surface area contributed by atoms with E-state index in [1.54, 1.807) is 0 Å². The van der Waals surface area contributed by atoms with Crippen LogP contribution in [0.2, 0.25) is 0 Å². The second-order valence-corrected chi connectivity index (χ2v) is 2.93. The van der Waals surface area contributed by atoms with E-state index >= 15 is 0 Å². The summed E-state index contributed by atoms with van der Waals surface area (Å²) in [6.45, 7) is 1.91. The number of nitrogens with one attached hydrogen (secondary N) is 1. The molecule has 12 heavy (non-hydrogen) atoms. The van der Waals surface area contributed by atoms with Crippen LogP contribution in [0.25, 0.3) is 11.0 Å². The first-order chi connectivity index (χ1) is 5.77. The summed E-state index contributed by atoms with van der Waals surface area (Å²) in [7, 11) is 0. The molecule has 0 aliphatic rings. The number of para-hydroxylation sites is 2. The third-order valence-corrected chi connectivity index (χ3v) is 1.84. The number of benzene rings is 1. The molecule has 0 amide bonds. The molecule has 3 nitrogen and oxygen atoms in total. The standard InChI is InChI=1S/C9H11N3/c1-6(10)9-11-7-4-2-3-5-8(7)12-9/h2-6H,10H2,1H3,(H,11,12)/t6-/m1/s1. The fraction of sp³-hybridized carbons (Fsp3) is 0.222. The quantitative estimate of drug-likeness (QED) is 0.667. The van der Waals surface area contributed by atoms with Gasteiger partial charge in [0.15, 0.2) is 0 Å². The largest absolute Gasteiger partial charge is 0.341 e. The van der Waals surface area contributed by atoms with Crippen LogP contribution in [0.4, 0.5) is 0 Å². The van der Waals surface area contributed by atoms with Crippen molar-refractivity contribution in [2.75, 3.05) is 0 Å². The molecule has 1 aromatic carbocycles. The predicted molar refractivity (Wildman–Crippen MR) is 48.7 cm³/mol. The van der Waals surface area contributed by atoms with Gasteiger partial charge in [0, 0.05) is 0 Å². The number of rotatable bonds is 1. The molecule has 2 aromatic rings. The third-order valence-electron chi connectivity index (χ3n) is 1.84. The van der Waals surface area contributed by atoms with Crippen LogP contribution in [0.15, 0.2) is 24.3 Å². The lowest BCUT2D eigenvalue weighted by atomic mass is 10.3. The van der Waals surface area contributed by atoms with Gasteiger partial charge in [-0.05, 0) is 19.1 Å². The highest BCUT2D eigenvalue weighted by atomic mass is 15.0. The van der Waals surface area contributed by atoms with Crippen LogP contribution in [0.5, 0.6) is 0 Å². The summed E-state index contributed by atoms with van der Waals surface area (Å²) in [5.74, 6) is 0.844. The maximum absolute atomic E-state index is 5.68. The summed E-state index contributed by atoms with van der Waals surface area (Å²) < 4.78 is 0. The van der Waals surface area contributed by atoms with Crippen LogP contribution < -0.4 is 5.73 Å². The molecule has 1 heterocycles. The monoisotopic (exact) mass is 161 g/mol. The number of nitrogens with two attached hydrogens (primary N) is 1. The smallest absolute Gasteiger partial charge is 0.123 e. The molecule has 0 spiro atoms. The molecule has 0 saturated heterocycles. The Balaban J connectivity index is 2.62. The lowest BCUT2D eigenvalue weighted by molar-refractivity contribution is 0.760. The molecular formula is C9H11N3. The zero-order chi connectivity index (χ0) is 8.55. The Kier molecular flexibility index (Phi) is 1.59. The molecule has 62 valence electrons. The van der Waals surface area contributed by atoms with Gasteiger partial charge < -0.3 is 10.7 Å². The topological polar surface area (TPSA) is 54.7 Å². The molecule has 2 rings (SSSR count). The van der Waals surface area contributed by atoms with Crippen molar-refractivity contribution in [1.29, 1.82) is 0 Å². The van der Waals surface area contributed by atoms with Crippen LogP contribution in [-0.2, 0) is 0 Å². The van der Waals surface area contributed by atoms with E-state index in [4.69, 9.17) is 5.73 Å². The molecule has 1 aromatic heterocycles. The van der Waals surface area contributed by atoms with E-state index in [1.807, 2.05) is 31.2 Å². The Hall–Kier alpha value is -1.35. The number of aromatic amines is 1. The average molecular weight is 161 g/mol. The number of aromatic nitrogens is 2. The van der Waals surface area contributed by atoms with E-state index in [1.165, 1.54) is 0 Å². The minimum atomic E-state index is -0.0302. The SMILES string of the molecule is C[C@@H](N)c1nc2ccccc2[nH]1. The maximum atomic E-state index is 5.68. The van der Waals surface area contributed by atoms with E-state index in [0.717, 1.165) is 16.9 Å². The molecule has 0 unspecified atom stereocenters. The van der Waals surface area contributed by atoms with Gasteiger partial charge in [-0.25, -0.2) is 4.98 Å². The van der Waals surface area contributed by atoms with E-state index in [0.29, 0.717) is 0 Å². The molecule has 0 saturated carbocycles. The van der Waals surface area contributed by atoms with Crippen molar-refractivity contribution in [2.24, 2.45) is 5.73 Å². The van der Waals surface area contributed by atoms with Crippen LogP contribution in [0, 0.1) is 0 Å². The fourth-order valence-corrected chi connectivity index (χ4v) is 1.19. The second kappa shape index (κ2) is 2.60. The zero-order valence-corrected chi connectivity index (χ0v) is 6.91. The Morgan fingerprint density at radius 1 is 1.42 bits per heavy atom. The minimum absolute atomic E-state index is 0.0302. The Morgan fingerprint density at radius 2 is 2.17 bits per heavy atom. The van der Waals surface area contributed by atoms with Crippen molar-refractivity contribution in [3.8, 4) is 0 Å².